The predicted octanol–water partition coefficient (Wildman–Crippen LogP) is 2.51. The fourth-order valence-corrected chi connectivity index (χ4v) is 2.15. The maximum atomic E-state index is 11.0. The summed E-state index contributed by atoms with van der Waals surface area (Å²) < 4.78 is 0. The molecule has 2 heterocycles. The van der Waals surface area contributed by atoms with Crippen LogP contribution in [0.4, 0.5) is 5.82 Å². The van der Waals surface area contributed by atoms with Crippen LogP contribution in [-0.4, -0.2) is 34.6 Å². The Kier molecular flexibility index (Phi) is 4.53. The zero-order chi connectivity index (χ0) is 14.5. The Hall–Kier alpha value is -2.14. The third-order valence-electron chi connectivity index (χ3n) is 2.95. The van der Waals surface area contributed by atoms with Gasteiger partial charge in [-0.15, -0.1) is 0 Å². The number of aromatic carboxylic acids is 1. The lowest BCUT2D eigenvalue weighted by Crippen LogP contribution is -2.22. The topological polar surface area (TPSA) is 66.3 Å². The van der Waals surface area contributed by atoms with E-state index in [9.17, 15) is 4.79 Å². The number of likely N-dealkylation sites (N-methyl/N-ethyl adjacent to an activating group) is 1. The molecule has 6 heteroatoms. The number of carboxylic acid groups (broad SMARTS) is 1. The molecule has 0 radical (unpaired) electrons. The van der Waals surface area contributed by atoms with Crippen LogP contribution in [0.1, 0.15) is 15.9 Å². The maximum absolute atomic E-state index is 11.0. The number of hydrogen-bond acceptors (Lipinski definition) is 4. The van der Waals surface area contributed by atoms with E-state index in [0.717, 1.165) is 12.0 Å². The van der Waals surface area contributed by atoms with E-state index in [0.29, 0.717) is 12.4 Å². The molecule has 0 saturated carbocycles. The lowest BCUT2D eigenvalue weighted by atomic mass is 10.2. The molecule has 0 aliphatic carbocycles. The summed E-state index contributed by atoms with van der Waals surface area (Å²) in [6.45, 7) is 0.680. The molecule has 0 amide bonds. The molecule has 2 aromatic rings. The molecule has 0 saturated heterocycles. The van der Waals surface area contributed by atoms with Gasteiger partial charge in [-0.3, -0.25) is 4.98 Å². The number of hydrogen-bond donors (Lipinski definition) is 1. The molecule has 0 bridgehead atoms. The highest BCUT2D eigenvalue weighted by Crippen LogP contribution is 2.26. The standard InChI is InChI=1S/C14H14ClN3O2/c1-18(9-5-10-2-6-16-7-3-10)13-12(15)11(14(19)20)4-8-17-13/h2-4,6-8H,5,9H2,1H3,(H,19,20). The average molecular weight is 292 g/mol. The first-order chi connectivity index (χ1) is 9.59. The van der Waals surface area contributed by atoms with Crippen molar-refractivity contribution in [1.82, 2.24) is 9.97 Å². The SMILES string of the molecule is CN(CCc1ccncc1)c1nccc(C(=O)O)c1Cl. The van der Waals surface area contributed by atoms with Crippen molar-refractivity contribution in [2.24, 2.45) is 0 Å². The zero-order valence-electron chi connectivity index (χ0n) is 11.0. The Labute approximate surface area is 121 Å². The molecule has 0 atom stereocenters. The van der Waals surface area contributed by atoms with Crippen LogP contribution in [0.5, 0.6) is 0 Å². The first kappa shape index (κ1) is 14.3. The number of aromatic nitrogens is 2. The van der Waals surface area contributed by atoms with Crippen molar-refractivity contribution in [3.05, 3.63) is 52.9 Å². The summed E-state index contributed by atoms with van der Waals surface area (Å²) in [7, 11) is 1.83. The number of carboxylic acids is 1. The maximum Gasteiger partial charge on any atom is 0.337 e. The predicted molar refractivity (Wildman–Crippen MR) is 77.4 cm³/mol. The molecular weight excluding hydrogens is 278 g/mol. The molecule has 2 aromatic heterocycles. The molecule has 5 nitrogen and oxygen atoms in total. The molecule has 1 N–H and O–H groups in total. The van der Waals surface area contributed by atoms with Gasteiger partial charge < -0.3 is 10.0 Å². The van der Waals surface area contributed by atoms with Crippen LogP contribution in [0, 0.1) is 0 Å². The van der Waals surface area contributed by atoms with Crippen LogP contribution in [0.2, 0.25) is 5.02 Å². The number of nitrogens with zero attached hydrogens (tertiary/aromatic N) is 3. The summed E-state index contributed by atoms with van der Waals surface area (Å²) in [6, 6.07) is 5.28. The first-order valence-corrected chi connectivity index (χ1v) is 6.45. The highest BCUT2D eigenvalue weighted by atomic mass is 35.5. The van der Waals surface area contributed by atoms with Crippen molar-refractivity contribution in [3.8, 4) is 0 Å². The Morgan fingerprint density at radius 3 is 2.65 bits per heavy atom. The molecule has 0 unspecified atom stereocenters. The highest BCUT2D eigenvalue weighted by molar-refractivity contribution is 6.35. The molecule has 20 heavy (non-hydrogen) atoms. The number of anilines is 1. The number of halogens is 1. The third-order valence-corrected chi connectivity index (χ3v) is 3.32. The molecule has 0 fully saturated rings. The minimum atomic E-state index is -1.05. The lowest BCUT2D eigenvalue weighted by molar-refractivity contribution is 0.0697. The Balaban J connectivity index is 2.11. The molecule has 0 aliphatic rings. The molecule has 2 rings (SSSR count). The summed E-state index contributed by atoms with van der Waals surface area (Å²) >= 11 is 6.09. The molecular formula is C14H14ClN3O2. The smallest absolute Gasteiger partial charge is 0.337 e. The van der Waals surface area contributed by atoms with Crippen LogP contribution >= 0.6 is 11.6 Å². The minimum Gasteiger partial charge on any atom is -0.478 e. The average Bonchev–Trinajstić information content (AvgIpc) is 2.46. The van der Waals surface area contributed by atoms with Crippen molar-refractivity contribution in [3.63, 3.8) is 0 Å². The monoisotopic (exact) mass is 291 g/mol. The van der Waals surface area contributed by atoms with Gasteiger partial charge in [-0.25, -0.2) is 9.78 Å². The van der Waals surface area contributed by atoms with Crippen LogP contribution in [-0.2, 0) is 6.42 Å². The zero-order valence-corrected chi connectivity index (χ0v) is 11.7. The number of pyridine rings is 2. The Bertz CT molecular complexity index is 605. The van der Waals surface area contributed by atoms with Gasteiger partial charge in [0.2, 0.25) is 0 Å². The van der Waals surface area contributed by atoms with E-state index >= 15 is 0 Å². The molecule has 0 spiro atoms. The Morgan fingerprint density at radius 1 is 1.30 bits per heavy atom. The van der Waals surface area contributed by atoms with E-state index in [2.05, 4.69) is 9.97 Å². The van der Waals surface area contributed by atoms with E-state index in [1.165, 1.54) is 12.3 Å². The second-order valence-corrected chi connectivity index (χ2v) is 4.71. The van der Waals surface area contributed by atoms with Gasteiger partial charge in [0.05, 0.1) is 10.6 Å². The van der Waals surface area contributed by atoms with Gasteiger partial charge in [0, 0.05) is 32.2 Å². The van der Waals surface area contributed by atoms with Crippen molar-refractivity contribution >= 4 is 23.4 Å². The van der Waals surface area contributed by atoms with Crippen LogP contribution in [0.3, 0.4) is 0 Å². The van der Waals surface area contributed by atoms with Gasteiger partial charge in [0.15, 0.2) is 0 Å². The van der Waals surface area contributed by atoms with Gasteiger partial charge in [-0.05, 0) is 30.2 Å². The third kappa shape index (κ3) is 3.24. The largest absolute Gasteiger partial charge is 0.478 e. The van der Waals surface area contributed by atoms with Crippen LogP contribution in [0.15, 0.2) is 36.8 Å². The van der Waals surface area contributed by atoms with Crippen molar-refractivity contribution in [2.45, 2.75) is 6.42 Å². The minimum absolute atomic E-state index is 0.0624. The number of rotatable bonds is 5. The van der Waals surface area contributed by atoms with E-state index in [-0.39, 0.29) is 10.6 Å². The second-order valence-electron chi connectivity index (χ2n) is 4.33. The van der Waals surface area contributed by atoms with Gasteiger partial charge in [-0.1, -0.05) is 11.6 Å². The molecule has 0 aliphatic heterocycles. The van der Waals surface area contributed by atoms with Gasteiger partial charge in [-0.2, -0.15) is 0 Å². The van der Waals surface area contributed by atoms with Crippen LogP contribution < -0.4 is 4.90 Å². The summed E-state index contributed by atoms with van der Waals surface area (Å²) in [5.74, 6) is -0.582. The first-order valence-electron chi connectivity index (χ1n) is 6.07. The fourth-order valence-electron chi connectivity index (χ4n) is 1.82. The van der Waals surface area contributed by atoms with E-state index < -0.39 is 5.97 Å². The molecule has 0 aromatic carbocycles. The van der Waals surface area contributed by atoms with Gasteiger partial charge in [0.1, 0.15) is 5.82 Å². The fraction of sp³-hybridized carbons (Fsp3) is 0.214. The van der Waals surface area contributed by atoms with E-state index in [1.54, 1.807) is 12.4 Å². The van der Waals surface area contributed by atoms with E-state index in [1.807, 2.05) is 24.1 Å². The summed E-state index contributed by atoms with van der Waals surface area (Å²) in [5.41, 5.74) is 1.21. The van der Waals surface area contributed by atoms with Crippen LogP contribution in [0.25, 0.3) is 0 Å². The van der Waals surface area contributed by atoms with Crippen molar-refractivity contribution in [1.29, 1.82) is 0 Å². The second kappa shape index (κ2) is 6.34. The van der Waals surface area contributed by atoms with Crippen molar-refractivity contribution in [2.75, 3.05) is 18.5 Å². The normalized spacial score (nSPS) is 10.3. The quantitative estimate of drug-likeness (QED) is 0.917. The van der Waals surface area contributed by atoms with Crippen molar-refractivity contribution < 1.29 is 9.90 Å². The lowest BCUT2D eigenvalue weighted by Gasteiger charge is -2.19. The van der Waals surface area contributed by atoms with Gasteiger partial charge >= 0.3 is 5.97 Å². The summed E-state index contributed by atoms with van der Waals surface area (Å²) in [4.78, 5) is 21.0. The molecule has 104 valence electrons. The van der Waals surface area contributed by atoms with Gasteiger partial charge in [0.25, 0.3) is 0 Å². The van der Waals surface area contributed by atoms with E-state index in [4.69, 9.17) is 16.7 Å². The number of carbonyl (C=O) groups is 1. The summed E-state index contributed by atoms with van der Waals surface area (Å²) in [5, 5.41) is 9.21. The summed E-state index contributed by atoms with van der Waals surface area (Å²) in [6.07, 6.45) is 5.74. The highest BCUT2D eigenvalue weighted by Gasteiger charge is 2.15. The Morgan fingerprint density at radius 2 is 2.00 bits per heavy atom.